The minimum absolute atomic E-state index is 0.191. The summed E-state index contributed by atoms with van der Waals surface area (Å²) in [5, 5.41) is 25.5. The Labute approximate surface area is 114 Å². The van der Waals surface area contributed by atoms with E-state index in [0.717, 1.165) is 10.2 Å². The minimum Gasteiger partial charge on any atom is -0.480 e. The van der Waals surface area contributed by atoms with Gasteiger partial charge in [0.1, 0.15) is 11.7 Å². The molecular weight excluding hydrogens is 262 g/mol. The zero-order valence-electron chi connectivity index (χ0n) is 10.9. The summed E-state index contributed by atoms with van der Waals surface area (Å²) in [5.74, 6) is -2.36. The number of rotatable bonds is 4. The largest absolute Gasteiger partial charge is 0.480 e. The third-order valence-electron chi connectivity index (χ3n) is 2.91. The first-order valence-corrected chi connectivity index (χ1v) is 5.90. The first kappa shape index (κ1) is 13.7. The summed E-state index contributed by atoms with van der Waals surface area (Å²) in [6, 6.07) is 6.07. The molecule has 2 aromatic rings. The van der Waals surface area contributed by atoms with Crippen LogP contribution in [-0.4, -0.2) is 37.1 Å². The Morgan fingerprint density at radius 2 is 2.00 bits per heavy atom. The summed E-state index contributed by atoms with van der Waals surface area (Å²) < 4.78 is 1.11. The van der Waals surface area contributed by atoms with E-state index >= 15 is 0 Å². The summed E-state index contributed by atoms with van der Waals surface area (Å²) in [6.45, 7) is 3.28. The van der Waals surface area contributed by atoms with Gasteiger partial charge in [-0.1, -0.05) is 29.0 Å². The summed E-state index contributed by atoms with van der Waals surface area (Å²) >= 11 is 0. The first-order valence-electron chi connectivity index (χ1n) is 5.90. The van der Waals surface area contributed by atoms with E-state index in [-0.39, 0.29) is 11.4 Å². The maximum atomic E-state index is 11.2. The summed E-state index contributed by atoms with van der Waals surface area (Å²) in [5.41, 5.74) is 1.43. The van der Waals surface area contributed by atoms with Crippen molar-refractivity contribution < 1.29 is 19.8 Å². The number of benzene rings is 1. The maximum Gasteiger partial charge on any atom is 0.358 e. The van der Waals surface area contributed by atoms with Crippen molar-refractivity contribution in [1.29, 1.82) is 0 Å². The maximum absolute atomic E-state index is 11.2. The van der Waals surface area contributed by atoms with Crippen LogP contribution in [0.3, 0.4) is 0 Å². The SMILES string of the molecule is Cc1cccc(-c2c(C(=O)O)nnn2C(C)C(=O)O)c1. The van der Waals surface area contributed by atoms with Crippen LogP contribution in [-0.2, 0) is 4.79 Å². The number of aromatic nitrogens is 3. The predicted molar refractivity (Wildman–Crippen MR) is 69.5 cm³/mol. The number of carboxylic acid groups (broad SMARTS) is 2. The van der Waals surface area contributed by atoms with Crippen molar-refractivity contribution in [2.24, 2.45) is 0 Å². The van der Waals surface area contributed by atoms with Crippen molar-refractivity contribution in [3.8, 4) is 11.3 Å². The monoisotopic (exact) mass is 275 g/mol. The number of nitrogens with zero attached hydrogens (tertiary/aromatic N) is 3. The molecule has 0 aliphatic carbocycles. The number of carboxylic acids is 2. The number of aryl methyl sites for hydroxylation is 1. The standard InChI is InChI=1S/C13H13N3O4/c1-7-4-3-5-9(6-7)11-10(13(19)20)14-15-16(11)8(2)12(17)18/h3-6,8H,1-2H3,(H,17,18)(H,19,20). The van der Waals surface area contributed by atoms with Gasteiger partial charge < -0.3 is 10.2 Å². The molecule has 20 heavy (non-hydrogen) atoms. The molecule has 2 rings (SSSR count). The van der Waals surface area contributed by atoms with Crippen LogP contribution < -0.4 is 0 Å². The smallest absolute Gasteiger partial charge is 0.358 e. The second-order valence-corrected chi connectivity index (χ2v) is 4.42. The fourth-order valence-electron chi connectivity index (χ4n) is 1.87. The highest BCUT2D eigenvalue weighted by Crippen LogP contribution is 2.26. The highest BCUT2D eigenvalue weighted by molar-refractivity contribution is 5.93. The van der Waals surface area contributed by atoms with Crippen molar-refractivity contribution in [3.05, 3.63) is 35.5 Å². The molecule has 0 radical (unpaired) electrons. The van der Waals surface area contributed by atoms with Gasteiger partial charge in [-0.15, -0.1) is 5.10 Å². The van der Waals surface area contributed by atoms with Gasteiger partial charge in [-0.25, -0.2) is 14.3 Å². The van der Waals surface area contributed by atoms with Gasteiger partial charge in [0.2, 0.25) is 0 Å². The van der Waals surface area contributed by atoms with E-state index in [9.17, 15) is 9.59 Å². The molecule has 0 spiro atoms. The van der Waals surface area contributed by atoms with E-state index in [1.165, 1.54) is 6.92 Å². The molecular formula is C13H13N3O4. The lowest BCUT2D eigenvalue weighted by Crippen LogP contribution is -2.18. The van der Waals surface area contributed by atoms with Crippen LogP contribution in [0, 0.1) is 6.92 Å². The van der Waals surface area contributed by atoms with Crippen molar-refractivity contribution >= 4 is 11.9 Å². The van der Waals surface area contributed by atoms with Crippen LogP contribution in [0.5, 0.6) is 0 Å². The van der Waals surface area contributed by atoms with Crippen LogP contribution in [0.1, 0.15) is 29.0 Å². The van der Waals surface area contributed by atoms with Gasteiger partial charge in [-0.3, -0.25) is 0 Å². The molecule has 0 aliphatic heterocycles. The second-order valence-electron chi connectivity index (χ2n) is 4.42. The molecule has 1 atom stereocenters. The van der Waals surface area contributed by atoms with E-state index in [4.69, 9.17) is 10.2 Å². The van der Waals surface area contributed by atoms with Gasteiger partial charge >= 0.3 is 11.9 Å². The molecule has 1 aromatic heterocycles. The number of hydrogen-bond acceptors (Lipinski definition) is 4. The molecule has 0 bridgehead atoms. The highest BCUT2D eigenvalue weighted by Gasteiger charge is 2.26. The molecule has 0 aliphatic rings. The Morgan fingerprint density at radius 1 is 1.30 bits per heavy atom. The van der Waals surface area contributed by atoms with E-state index in [1.54, 1.807) is 18.2 Å². The molecule has 1 unspecified atom stereocenters. The molecule has 0 fully saturated rings. The average Bonchev–Trinajstić information content (AvgIpc) is 2.82. The van der Waals surface area contributed by atoms with E-state index < -0.39 is 18.0 Å². The molecule has 7 nitrogen and oxygen atoms in total. The quantitative estimate of drug-likeness (QED) is 0.877. The van der Waals surface area contributed by atoms with E-state index in [0.29, 0.717) is 5.56 Å². The number of carbonyl (C=O) groups is 2. The number of aromatic carboxylic acids is 1. The normalized spacial score (nSPS) is 12.1. The van der Waals surface area contributed by atoms with Crippen LogP contribution in [0.25, 0.3) is 11.3 Å². The fraction of sp³-hybridized carbons (Fsp3) is 0.231. The fourth-order valence-corrected chi connectivity index (χ4v) is 1.87. The zero-order chi connectivity index (χ0) is 14.9. The van der Waals surface area contributed by atoms with Crippen LogP contribution >= 0.6 is 0 Å². The van der Waals surface area contributed by atoms with Crippen LogP contribution in [0.4, 0.5) is 0 Å². The Bertz CT molecular complexity index is 678. The van der Waals surface area contributed by atoms with E-state index in [1.807, 2.05) is 13.0 Å². The van der Waals surface area contributed by atoms with Crippen LogP contribution in [0.2, 0.25) is 0 Å². The van der Waals surface area contributed by atoms with Gasteiger partial charge in [0, 0.05) is 5.56 Å². The van der Waals surface area contributed by atoms with Gasteiger partial charge in [0.25, 0.3) is 0 Å². The number of hydrogen-bond donors (Lipinski definition) is 2. The molecule has 7 heteroatoms. The molecule has 0 saturated heterocycles. The third-order valence-corrected chi connectivity index (χ3v) is 2.91. The molecule has 1 aromatic carbocycles. The Hall–Kier alpha value is -2.70. The summed E-state index contributed by atoms with van der Waals surface area (Å²) in [6.07, 6.45) is 0. The van der Waals surface area contributed by atoms with Crippen molar-refractivity contribution in [2.75, 3.05) is 0 Å². The van der Waals surface area contributed by atoms with Crippen molar-refractivity contribution in [3.63, 3.8) is 0 Å². The lowest BCUT2D eigenvalue weighted by Gasteiger charge is -2.11. The molecule has 1 heterocycles. The van der Waals surface area contributed by atoms with Crippen molar-refractivity contribution in [1.82, 2.24) is 15.0 Å². The molecule has 0 amide bonds. The topological polar surface area (TPSA) is 105 Å². The lowest BCUT2D eigenvalue weighted by atomic mass is 10.1. The Morgan fingerprint density at radius 3 is 2.55 bits per heavy atom. The lowest BCUT2D eigenvalue weighted by molar-refractivity contribution is -0.140. The van der Waals surface area contributed by atoms with Gasteiger partial charge in [0.05, 0.1) is 0 Å². The highest BCUT2D eigenvalue weighted by atomic mass is 16.4. The van der Waals surface area contributed by atoms with Gasteiger partial charge in [0.15, 0.2) is 5.69 Å². The average molecular weight is 275 g/mol. The third kappa shape index (κ3) is 2.37. The second kappa shape index (κ2) is 5.12. The van der Waals surface area contributed by atoms with Crippen LogP contribution in [0.15, 0.2) is 24.3 Å². The van der Waals surface area contributed by atoms with Gasteiger partial charge in [-0.05, 0) is 19.9 Å². The molecule has 104 valence electrons. The Kier molecular flexibility index (Phi) is 3.51. The summed E-state index contributed by atoms with van der Waals surface area (Å²) in [7, 11) is 0. The van der Waals surface area contributed by atoms with Gasteiger partial charge in [-0.2, -0.15) is 0 Å². The van der Waals surface area contributed by atoms with E-state index in [2.05, 4.69) is 10.3 Å². The number of aliphatic carboxylic acids is 1. The first-order chi connectivity index (χ1) is 9.41. The zero-order valence-corrected chi connectivity index (χ0v) is 10.9. The Balaban J connectivity index is 2.67. The minimum atomic E-state index is -1.25. The summed E-state index contributed by atoms with van der Waals surface area (Å²) in [4.78, 5) is 22.3. The van der Waals surface area contributed by atoms with Crippen molar-refractivity contribution in [2.45, 2.75) is 19.9 Å². The molecule has 0 saturated carbocycles. The predicted octanol–water partition coefficient (Wildman–Crippen LogP) is 1.60. The molecule has 2 N–H and O–H groups in total.